The van der Waals surface area contributed by atoms with Crippen LogP contribution in [0.5, 0.6) is 11.5 Å². The maximum atomic E-state index is 12.7. The molecular formula is C23H24N2O5S. The predicted octanol–water partition coefficient (Wildman–Crippen LogP) is 4.54. The Kier molecular flexibility index (Phi) is 6.81. The summed E-state index contributed by atoms with van der Waals surface area (Å²) in [5, 5.41) is 2.76. The molecule has 0 saturated heterocycles. The normalized spacial score (nSPS) is 11.1. The summed E-state index contributed by atoms with van der Waals surface area (Å²) >= 11 is 0. The van der Waals surface area contributed by atoms with Crippen molar-refractivity contribution in [2.45, 2.75) is 24.8 Å². The number of amides is 1. The summed E-state index contributed by atoms with van der Waals surface area (Å²) in [5.74, 6) is 0.548. The van der Waals surface area contributed by atoms with E-state index in [1.165, 1.54) is 31.4 Å². The molecule has 0 aliphatic carbocycles. The van der Waals surface area contributed by atoms with E-state index in [1.807, 2.05) is 13.8 Å². The Morgan fingerprint density at radius 1 is 0.871 bits per heavy atom. The first-order chi connectivity index (χ1) is 14.8. The van der Waals surface area contributed by atoms with Crippen molar-refractivity contribution < 1.29 is 22.7 Å². The van der Waals surface area contributed by atoms with Crippen molar-refractivity contribution in [3.8, 4) is 11.5 Å². The van der Waals surface area contributed by atoms with E-state index < -0.39 is 10.0 Å². The van der Waals surface area contributed by atoms with Crippen LogP contribution in [0.4, 0.5) is 11.4 Å². The van der Waals surface area contributed by atoms with Gasteiger partial charge in [0.1, 0.15) is 11.5 Å². The molecule has 0 aliphatic heterocycles. The van der Waals surface area contributed by atoms with E-state index >= 15 is 0 Å². The van der Waals surface area contributed by atoms with Gasteiger partial charge in [0.2, 0.25) is 0 Å². The second-order valence-electron chi connectivity index (χ2n) is 6.95. The van der Waals surface area contributed by atoms with Crippen LogP contribution in [-0.4, -0.2) is 27.5 Å². The highest BCUT2D eigenvalue weighted by molar-refractivity contribution is 7.92. The Morgan fingerprint density at radius 2 is 1.48 bits per heavy atom. The maximum Gasteiger partial charge on any atom is 0.262 e. The number of rotatable bonds is 8. The lowest BCUT2D eigenvalue weighted by molar-refractivity contribution is 0.102. The molecule has 0 radical (unpaired) electrons. The van der Waals surface area contributed by atoms with Crippen LogP contribution >= 0.6 is 0 Å². The number of nitrogens with one attached hydrogen (secondary N) is 2. The monoisotopic (exact) mass is 440 g/mol. The summed E-state index contributed by atoms with van der Waals surface area (Å²) in [4.78, 5) is 12.7. The molecule has 0 spiro atoms. The minimum atomic E-state index is -3.83. The maximum absolute atomic E-state index is 12.7. The van der Waals surface area contributed by atoms with Crippen molar-refractivity contribution >= 4 is 27.3 Å². The zero-order valence-corrected chi connectivity index (χ0v) is 18.3. The van der Waals surface area contributed by atoms with Crippen LogP contribution in [0.15, 0.2) is 77.7 Å². The van der Waals surface area contributed by atoms with Gasteiger partial charge in [0, 0.05) is 5.69 Å². The summed E-state index contributed by atoms with van der Waals surface area (Å²) in [5.41, 5.74) is 1.19. The van der Waals surface area contributed by atoms with Gasteiger partial charge >= 0.3 is 0 Å². The molecule has 0 fully saturated rings. The van der Waals surface area contributed by atoms with Gasteiger partial charge in [-0.1, -0.05) is 24.3 Å². The lowest BCUT2D eigenvalue weighted by Crippen LogP contribution is -2.16. The standard InChI is InChI=1S/C23H24N2O5S/c1-16(2)30-21-10-6-4-8-19(21)23(26)24-17-12-14-18(15-13-17)31(27,28)25-20-9-5-7-11-22(20)29-3/h4-16,25H,1-3H3,(H,24,26). The van der Waals surface area contributed by atoms with Crippen molar-refractivity contribution in [3.05, 3.63) is 78.4 Å². The molecule has 3 rings (SSSR count). The minimum Gasteiger partial charge on any atom is -0.495 e. The molecule has 3 aromatic rings. The third kappa shape index (κ3) is 5.55. The van der Waals surface area contributed by atoms with E-state index in [0.29, 0.717) is 28.4 Å². The third-order valence-corrected chi connectivity index (χ3v) is 5.65. The van der Waals surface area contributed by atoms with Gasteiger partial charge in [0.25, 0.3) is 15.9 Å². The lowest BCUT2D eigenvalue weighted by Gasteiger charge is -2.14. The van der Waals surface area contributed by atoms with E-state index in [0.717, 1.165) is 0 Å². The highest BCUT2D eigenvalue weighted by Gasteiger charge is 2.17. The van der Waals surface area contributed by atoms with Crippen molar-refractivity contribution in [2.75, 3.05) is 17.1 Å². The first kappa shape index (κ1) is 22.2. The fourth-order valence-corrected chi connectivity index (χ4v) is 3.93. The molecule has 0 heterocycles. The topological polar surface area (TPSA) is 93.7 Å². The second kappa shape index (κ2) is 9.53. The molecule has 0 bridgehead atoms. The number of hydrogen-bond acceptors (Lipinski definition) is 5. The SMILES string of the molecule is COc1ccccc1NS(=O)(=O)c1ccc(NC(=O)c2ccccc2OC(C)C)cc1. The molecule has 2 N–H and O–H groups in total. The molecule has 0 atom stereocenters. The van der Waals surface area contributed by atoms with Crippen LogP contribution in [0.1, 0.15) is 24.2 Å². The molecule has 1 amide bonds. The number of carbonyl (C=O) groups excluding carboxylic acids is 1. The number of anilines is 2. The Bertz CT molecular complexity index is 1160. The average Bonchev–Trinajstić information content (AvgIpc) is 2.74. The first-order valence-corrected chi connectivity index (χ1v) is 11.1. The van der Waals surface area contributed by atoms with Crippen molar-refractivity contribution in [2.24, 2.45) is 0 Å². The molecule has 0 saturated carbocycles. The predicted molar refractivity (Wildman–Crippen MR) is 120 cm³/mol. The van der Waals surface area contributed by atoms with Gasteiger partial charge in [-0.15, -0.1) is 0 Å². The highest BCUT2D eigenvalue weighted by atomic mass is 32.2. The van der Waals surface area contributed by atoms with Crippen molar-refractivity contribution in [1.29, 1.82) is 0 Å². The lowest BCUT2D eigenvalue weighted by atomic mass is 10.1. The molecule has 7 nitrogen and oxygen atoms in total. The van der Waals surface area contributed by atoms with Gasteiger partial charge in [0.15, 0.2) is 0 Å². The van der Waals surface area contributed by atoms with Gasteiger partial charge in [0.05, 0.1) is 29.4 Å². The molecule has 162 valence electrons. The average molecular weight is 441 g/mol. The molecule has 0 aromatic heterocycles. The van der Waals surface area contributed by atoms with Gasteiger partial charge in [-0.2, -0.15) is 0 Å². The summed E-state index contributed by atoms with van der Waals surface area (Å²) in [6.07, 6.45) is -0.0748. The van der Waals surface area contributed by atoms with Crippen LogP contribution in [-0.2, 0) is 10.0 Å². The zero-order valence-electron chi connectivity index (χ0n) is 17.5. The summed E-state index contributed by atoms with van der Waals surface area (Å²) in [6, 6.07) is 19.6. The molecule has 0 unspecified atom stereocenters. The Morgan fingerprint density at radius 3 is 2.13 bits per heavy atom. The Balaban J connectivity index is 1.75. The number of para-hydroxylation sites is 3. The summed E-state index contributed by atoms with van der Waals surface area (Å²) in [6.45, 7) is 3.76. The van der Waals surface area contributed by atoms with Crippen LogP contribution < -0.4 is 19.5 Å². The van der Waals surface area contributed by atoms with Gasteiger partial charge in [-0.25, -0.2) is 8.42 Å². The summed E-state index contributed by atoms with van der Waals surface area (Å²) in [7, 11) is -2.36. The highest BCUT2D eigenvalue weighted by Crippen LogP contribution is 2.27. The number of ether oxygens (including phenoxy) is 2. The van der Waals surface area contributed by atoms with Crippen LogP contribution in [0.3, 0.4) is 0 Å². The number of hydrogen-bond donors (Lipinski definition) is 2. The first-order valence-electron chi connectivity index (χ1n) is 9.63. The van der Waals surface area contributed by atoms with Crippen LogP contribution in [0.25, 0.3) is 0 Å². The molecule has 31 heavy (non-hydrogen) atoms. The van der Waals surface area contributed by atoms with Crippen molar-refractivity contribution in [1.82, 2.24) is 0 Å². The fourth-order valence-electron chi connectivity index (χ4n) is 2.86. The zero-order chi connectivity index (χ0) is 22.4. The number of carbonyl (C=O) groups is 1. The van der Waals surface area contributed by atoms with Crippen LogP contribution in [0, 0.1) is 0 Å². The second-order valence-corrected chi connectivity index (χ2v) is 8.63. The quantitative estimate of drug-likeness (QED) is 0.537. The number of sulfonamides is 1. The Hall–Kier alpha value is -3.52. The van der Waals surface area contributed by atoms with E-state index in [1.54, 1.807) is 48.5 Å². The third-order valence-electron chi connectivity index (χ3n) is 4.27. The fraction of sp³-hybridized carbons (Fsp3) is 0.174. The molecular weight excluding hydrogens is 416 g/mol. The van der Waals surface area contributed by atoms with Crippen molar-refractivity contribution in [3.63, 3.8) is 0 Å². The molecule has 8 heteroatoms. The van der Waals surface area contributed by atoms with Gasteiger partial charge in [-0.05, 0) is 62.4 Å². The number of benzene rings is 3. The number of methoxy groups -OCH3 is 1. The molecule has 0 aliphatic rings. The van der Waals surface area contributed by atoms with Gasteiger partial charge in [-0.3, -0.25) is 9.52 Å². The summed E-state index contributed by atoms with van der Waals surface area (Å²) < 4.78 is 38.8. The molecule has 3 aromatic carbocycles. The van der Waals surface area contributed by atoms with E-state index in [4.69, 9.17) is 9.47 Å². The van der Waals surface area contributed by atoms with Crippen LogP contribution in [0.2, 0.25) is 0 Å². The van der Waals surface area contributed by atoms with E-state index in [2.05, 4.69) is 10.0 Å². The van der Waals surface area contributed by atoms with E-state index in [-0.39, 0.29) is 16.9 Å². The Labute approximate surface area is 182 Å². The van der Waals surface area contributed by atoms with Gasteiger partial charge < -0.3 is 14.8 Å². The van der Waals surface area contributed by atoms with E-state index in [9.17, 15) is 13.2 Å². The smallest absolute Gasteiger partial charge is 0.262 e. The minimum absolute atomic E-state index is 0.0555. The largest absolute Gasteiger partial charge is 0.495 e.